The van der Waals surface area contributed by atoms with Crippen molar-refractivity contribution in [1.82, 2.24) is 9.47 Å². The average Bonchev–Trinajstić information content (AvgIpc) is 3.86. The van der Waals surface area contributed by atoms with Crippen molar-refractivity contribution in [3.63, 3.8) is 0 Å². The molecule has 0 fully saturated rings. The van der Waals surface area contributed by atoms with Gasteiger partial charge in [-0.25, -0.2) is 4.99 Å². The van der Waals surface area contributed by atoms with Crippen LogP contribution in [0.15, 0.2) is 214 Å². The SMILES string of the molecule is C=C1/C=C\CC(N(C)C(=NC(=N)c2ccccc2)c2cccc3oc4c5ccccc5c(-n5c6cc7ccccc7cc6c6c7ccccc7ccc65)cc4c23)c2ccccc2S1. The first-order valence-electron chi connectivity index (χ1n) is 21.3. The molecular formula is C57H40N4OS. The zero-order valence-corrected chi connectivity index (χ0v) is 35.4. The topological polar surface area (TPSA) is 57.5 Å². The standard InChI is InChI=1S/C57H40N4OS/c1-35-16-14-27-47(43-25-12-13-29-52(43)63-35)60(2)57(59-56(58)37-18-4-3-5-19-37)44-26-15-28-51-54(44)46-34-50(41-23-10-11-24-42(41)55(46)62-51)61-48-31-30-36-17-8-9-22-40(36)53(48)45-32-38-20-6-7-21-39(38)33-49(45)61/h3-26,28-34,47,58H,1,27H2,2H3/b16-14-,58-56?,59-57?. The molecule has 6 heteroatoms. The van der Waals surface area contributed by atoms with Crippen LogP contribution in [0.5, 0.6) is 0 Å². The van der Waals surface area contributed by atoms with Gasteiger partial charge in [0.15, 0.2) is 5.84 Å². The molecular weight excluding hydrogens is 789 g/mol. The third-order valence-electron chi connectivity index (χ3n) is 12.7. The summed E-state index contributed by atoms with van der Waals surface area (Å²) in [5, 5.41) is 20.8. The van der Waals surface area contributed by atoms with Crippen molar-refractivity contribution in [3.05, 3.63) is 216 Å². The smallest absolute Gasteiger partial charge is 0.154 e. The van der Waals surface area contributed by atoms with Crippen molar-refractivity contribution in [1.29, 1.82) is 5.41 Å². The van der Waals surface area contributed by atoms with Gasteiger partial charge in [-0.05, 0) is 69.9 Å². The van der Waals surface area contributed by atoms with Gasteiger partial charge in [0.05, 0.1) is 22.8 Å². The molecule has 0 spiro atoms. The third kappa shape index (κ3) is 6.01. The predicted octanol–water partition coefficient (Wildman–Crippen LogP) is 15.2. The van der Waals surface area contributed by atoms with Crippen LogP contribution in [0.1, 0.15) is 29.2 Å². The molecule has 1 N–H and O–H groups in total. The molecule has 5 nitrogen and oxygen atoms in total. The molecule has 0 radical (unpaired) electrons. The van der Waals surface area contributed by atoms with E-state index in [2.05, 4.69) is 175 Å². The largest absolute Gasteiger partial charge is 0.455 e. The van der Waals surface area contributed by atoms with Crippen LogP contribution in [0.25, 0.3) is 81.7 Å². The number of furan rings is 1. The van der Waals surface area contributed by atoms with Crippen molar-refractivity contribution in [3.8, 4) is 5.69 Å². The van der Waals surface area contributed by atoms with Crippen LogP contribution in [0.4, 0.5) is 0 Å². The predicted molar refractivity (Wildman–Crippen MR) is 266 cm³/mol. The molecule has 1 aliphatic heterocycles. The Bertz CT molecular complexity index is 3760. The number of fused-ring (bicyclic) bond motifs is 12. The lowest BCUT2D eigenvalue weighted by Gasteiger charge is -2.33. The van der Waals surface area contributed by atoms with E-state index in [-0.39, 0.29) is 11.9 Å². The molecule has 0 saturated carbocycles. The summed E-state index contributed by atoms with van der Waals surface area (Å²) >= 11 is 1.69. The van der Waals surface area contributed by atoms with Crippen molar-refractivity contribution in [2.75, 3.05) is 7.05 Å². The van der Waals surface area contributed by atoms with E-state index >= 15 is 0 Å². The van der Waals surface area contributed by atoms with Crippen LogP contribution in [-0.4, -0.2) is 28.2 Å². The summed E-state index contributed by atoms with van der Waals surface area (Å²) in [6.45, 7) is 4.30. The zero-order chi connectivity index (χ0) is 42.2. The summed E-state index contributed by atoms with van der Waals surface area (Å²) in [5.74, 6) is 0.884. The number of hydrogen-bond donors (Lipinski definition) is 1. The lowest BCUT2D eigenvalue weighted by atomic mass is 9.97. The number of nitrogens with zero attached hydrogens (tertiary/aromatic N) is 3. The van der Waals surface area contributed by atoms with Crippen LogP contribution >= 0.6 is 11.8 Å². The first kappa shape index (κ1) is 37.1. The van der Waals surface area contributed by atoms with Crippen LogP contribution in [0, 0.1) is 5.41 Å². The number of allylic oxidation sites excluding steroid dienone is 1. The first-order valence-corrected chi connectivity index (χ1v) is 22.1. The number of nitrogens with one attached hydrogen (secondary N) is 1. The van der Waals surface area contributed by atoms with E-state index in [9.17, 15) is 5.41 Å². The second-order valence-corrected chi connectivity index (χ2v) is 17.5. The van der Waals surface area contributed by atoms with Gasteiger partial charge in [0, 0.05) is 60.3 Å². The zero-order valence-electron chi connectivity index (χ0n) is 34.5. The van der Waals surface area contributed by atoms with Gasteiger partial charge in [0.1, 0.15) is 17.0 Å². The second-order valence-electron chi connectivity index (χ2n) is 16.4. The van der Waals surface area contributed by atoms with E-state index in [4.69, 9.17) is 9.41 Å². The maximum absolute atomic E-state index is 9.43. The molecule has 1 unspecified atom stereocenters. The number of benzene rings is 9. The maximum Gasteiger partial charge on any atom is 0.154 e. The van der Waals surface area contributed by atoms with Gasteiger partial charge in [0.2, 0.25) is 0 Å². The van der Waals surface area contributed by atoms with Crippen LogP contribution in [0.3, 0.4) is 0 Å². The van der Waals surface area contributed by atoms with Gasteiger partial charge in [-0.1, -0.05) is 170 Å². The number of rotatable bonds is 4. The Morgan fingerprint density at radius 1 is 0.667 bits per heavy atom. The minimum absolute atomic E-state index is 0.0764. The molecule has 9 aromatic carbocycles. The molecule has 0 saturated heterocycles. The summed E-state index contributed by atoms with van der Waals surface area (Å²) in [5.41, 5.74) is 7.79. The Hall–Kier alpha value is -7.67. The van der Waals surface area contributed by atoms with E-state index in [0.717, 1.165) is 76.8 Å². The summed E-state index contributed by atoms with van der Waals surface area (Å²) in [7, 11) is 2.11. The van der Waals surface area contributed by atoms with Crippen molar-refractivity contribution in [2.24, 2.45) is 4.99 Å². The summed E-state index contributed by atoms with van der Waals surface area (Å²) < 4.78 is 9.44. The van der Waals surface area contributed by atoms with Gasteiger partial charge < -0.3 is 13.9 Å². The minimum Gasteiger partial charge on any atom is -0.455 e. The van der Waals surface area contributed by atoms with E-state index in [1.165, 1.54) is 37.9 Å². The Morgan fingerprint density at radius 2 is 1.38 bits per heavy atom. The Kier molecular flexibility index (Phi) is 8.69. The molecule has 12 rings (SSSR count). The fraction of sp³-hybridized carbons (Fsp3) is 0.0526. The van der Waals surface area contributed by atoms with Gasteiger partial charge in [-0.3, -0.25) is 5.41 Å². The van der Waals surface area contributed by atoms with Crippen molar-refractivity contribution in [2.45, 2.75) is 17.4 Å². The number of hydrogen-bond acceptors (Lipinski definition) is 3. The fourth-order valence-corrected chi connectivity index (χ4v) is 10.7. The van der Waals surface area contributed by atoms with Crippen LogP contribution in [-0.2, 0) is 0 Å². The quantitative estimate of drug-likeness (QED) is 0.142. The lowest BCUT2D eigenvalue weighted by Crippen LogP contribution is -2.33. The molecule has 3 heterocycles. The molecule has 0 amide bonds. The van der Waals surface area contributed by atoms with E-state index in [1.807, 2.05) is 36.4 Å². The Balaban J connectivity index is 1.16. The number of thioether (sulfide) groups is 1. The van der Waals surface area contributed by atoms with Gasteiger partial charge in [-0.2, -0.15) is 0 Å². The molecule has 2 aromatic heterocycles. The average molecular weight is 829 g/mol. The molecule has 1 atom stereocenters. The molecule has 300 valence electrons. The van der Waals surface area contributed by atoms with Crippen LogP contribution in [0.2, 0.25) is 0 Å². The summed E-state index contributed by atoms with van der Waals surface area (Å²) in [6.07, 6.45) is 5.05. The summed E-state index contributed by atoms with van der Waals surface area (Å²) in [6, 6.07) is 62.1. The molecule has 0 bridgehead atoms. The fourth-order valence-electron chi connectivity index (χ4n) is 9.82. The molecule has 11 aromatic rings. The maximum atomic E-state index is 9.43. The van der Waals surface area contributed by atoms with E-state index < -0.39 is 0 Å². The van der Waals surface area contributed by atoms with Gasteiger partial charge >= 0.3 is 0 Å². The number of aliphatic imine (C=N–C) groups is 1. The number of aromatic nitrogens is 1. The highest BCUT2D eigenvalue weighted by Gasteiger charge is 2.28. The highest BCUT2D eigenvalue weighted by Crippen LogP contribution is 2.45. The minimum atomic E-state index is -0.0764. The molecule has 0 aliphatic carbocycles. The van der Waals surface area contributed by atoms with E-state index in [1.54, 1.807) is 11.8 Å². The second kappa shape index (κ2) is 14.8. The highest BCUT2D eigenvalue weighted by atomic mass is 32.2. The molecule has 63 heavy (non-hydrogen) atoms. The van der Waals surface area contributed by atoms with Crippen molar-refractivity contribution >= 4 is 99.5 Å². The van der Waals surface area contributed by atoms with Crippen LogP contribution < -0.4 is 0 Å². The highest BCUT2D eigenvalue weighted by molar-refractivity contribution is 8.03. The third-order valence-corrected chi connectivity index (χ3v) is 13.7. The molecule has 1 aliphatic rings. The Morgan fingerprint density at radius 3 is 2.22 bits per heavy atom. The van der Waals surface area contributed by atoms with Gasteiger partial charge in [-0.15, -0.1) is 0 Å². The first-order chi connectivity index (χ1) is 31.0. The van der Waals surface area contributed by atoms with Gasteiger partial charge in [0.25, 0.3) is 0 Å². The van der Waals surface area contributed by atoms with Crippen molar-refractivity contribution < 1.29 is 4.42 Å². The van der Waals surface area contributed by atoms with E-state index in [0.29, 0.717) is 5.84 Å². The summed E-state index contributed by atoms with van der Waals surface area (Å²) in [4.78, 5) is 9.70. The Labute approximate surface area is 368 Å². The lowest BCUT2D eigenvalue weighted by molar-refractivity contribution is 0.374. The number of amidine groups is 2. The monoisotopic (exact) mass is 828 g/mol. The normalized spacial score (nSPS) is 15.1.